The molecule has 0 unspecified atom stereocenters. The minimum absolute atomic E-state index is 0.0609. The summed E-state index contributed by atoms with van der Waals surface area (Å²) in [5.41, 5.74) is 3.82. The first-order chi connectivity index (χ1) is 16.0. The lowest BCUT2D eigenvalue weighted by molar-refractivity contribution is -0.122. The van der Waals surface area contributed by atoms with Gasteiger partial charge < -0.3 is 25.7 Å². The number of carbonyl (C=O) groups is 2. The van der Waals surface area contributed by atoms with Gasteiger partial charge in [-0.3, -0.25) is 14.4 Å². The van der Waals surface area contributed by atoms with Crippen molar-refractivity contribution in [1.82, 2.24) is 20.1 Å². The molecular formula is C22H27N7O4. The van der Waals surface area contributed by atoms with E-state index in [0.717, 1.165) is 53.9 Å². The molecule has 11 nitrogen and oxygen atoms in total. The summed E-state index contributed by atoms with van der Waals surface area (Å²) in [5, 5.41) is 28.1. The van der Waals surface area contributed by atoms with E-state index in [0.29, 0.717) is 12.4 Å². The standard InChI is InChI=1S/C21H25N7O2.CH2O2/c1-26-11-14-10-15(2-3-18(14)25-26)24-21(30)28-8-5-17-19(4-6-23-20(17)28)27-9-7-22-16(12-27)13-29;2-1-3/h2-4,6,10-11,16,22,29H,5,7-9,12-13H2,1H3,(H,24,30);1H,(H,2,3)/t16-;/m1./s1. The summed E-state index contributed by atoms with van der Waals surface area (Å²) >= 11 is 0. The minimum atomic E-state index is -0.250. The third-order valence-electron chi connectivity index (χ3n) is 5.78. The van der Waals surface area contributed by atoms with Gasteiger partial charge in [-0.15, -0.1) is 0 Å². The van der Waals surface area contributed by atoms with Crippen molar-refractivity contribution in [1.29, 1.82) is 0 Å². The van der Waals surface area contributed by atoms with E-state index < -0.39 is 0 Å². The lowest BCUT2D eigenvalue weighted by atomic mass is 10.1. The van der Waals surface area contributed by atoms with Crippen molar-refractivity contribution in [3.05, 3.63) is 42.2 Å². The molecule has 2 aromatic heterocycles. The number of pyridine rings is 1. The molecule has 174 valence electrons. The van der Waals surface area contributed by atoms with E-state index in [9.17, 15) is 9.90 Å². The van der Waals surface area contributed by atoms with E-state index in [1.807, 2.05) is 37.5 Å². The van der Waals surface area contributed by atoms with Gasteiger partial charge in [-0.1, -0.05) is 0 Å². The Morgan fingerprint density at radius 2 is 2.15 bits per heavy atom. The van der Waals surface area contributed by atoms with E-state index in [1.165, 1.54) is 0 Å². The molecule has 33 heavy (non-hydrogen) atoms. The van der Waals surface area contributed by atoms with E-state index in [2.05, 4.69) is 25.6 Å². The summed E-state index contributed by atoms with van der Waals surface area (Å²) in [4.78, 5) is 29.9. The van der Waals surface area contributed by atoms with Crippen molar-refractivity contribution in [2.45, 2.75) is 12.5 Å². The van der Waals surface area contributed by atoms with Crippen LogP contribution in [-0.2, 0) is 18.3 Å². The van der Waals surface area contributed by atoms with Crippen molar-refractivity contribution in [2.24, 2.45) is 7.05 Å². The number of fused-ring (bicyclic) bond motifs is 2. The molecule has 2 amide bonds. The van der Waals surface area contributed by atoms with Gasteiger partial charge in [0.2, 0.25) is 0 Å². The van der Waals surface area contributed by atoms with E-state index in [1.54, 1.807) is 15.8 Å². The number of hydrogen-bond donors (Lipinski definition) is 4. The number of hydrogen-bond acceptors (Lipinski definition) is 7. The summed E-state index contributed by atoms with van der Waals surface area (Å²) in [5.74, 6) is 0.714. The third-order valence-corrected chi connectivity index (χ3v) is 5.78. The van der Waals surface area contributed by atoms with Crippen LogP contribution < -0.4 is 20.4 Å². The molecule has 1 fully saturated rings. The van der Waals surface area contributed by atoms with Crippen molar-refractivity contribution in [2.75, 3.05) is 47.9 Å². The molecule has 4 N–H and O–H groups in total. The fraction of sp³-hybridized carbons (Fsp3) is 0.364. The van der Waals surface area contributed by atoms with E-state index >= 15 is 0 Å². The number of piperazine rings is 1. The van der Waals surface area contributed by atoms with Gasteiger partial charge in [0, 0.05) is 74.0 Å². The topological polar surface area (TPSA) is 136 Å². The smallest absolute Gasteiger partial charge is 0.327 e. The second-order valence-electron chi connectivity index (χ2n) is 7.93. The Hall–Kier alpha value is -3.70. The summed E-state index contributed by atoms with van der Waals surface area (Å²) < 4.78 is 1.76. The summed E-state index contributed by atoms with van der Waals surface area (Å²) in [7, 11) is 1.88. The highest BCUT2D eigenvalue weighted by molar-refractivity contribution is 6.03. The Morgan fingerprint density at radius 1 is 1.33 bits per heavy atom. The minimum Gasteiger partial charge on any atom is -0.483 e. The summed E-state index contributed by atoms with van der Waals surface area (Å²) in [6, 6.07) is 7.58. The van der Waals surface area contributed by atoms with Crippen LogP contribution in [0.2, 0.25) is 0 Å². The molecule has 3 aromatic rings. The molecule has 0 radical (unpaired) electrons. The molecular weight excluding hydrogens is 426 g/mol. The van der Waals surface area contributed by atoms with Gasteiger partial charge in [0.15, 0.2) is 0 Å². The van der Waals surface area contributed by atoms with Gasteiger partial charge in [0.25, 0.3) is 6.47 Å². The highest BCUT2D eigenvalue weighted by atomic mass is 16.3. The third kappa shape index (κ3) is 4.73. The first-order valence-corrected chi connectivity index (χ1v) is 10.7. The molecule has 1 aromatic carbocycles. The maximum Gasteiger partial charge on any atom is 0.327 e. The van der Waals surface area contributed by atoms with Crippen LogP contribution in [0.1, 0.15) is 5.56 Å². The van der Waals surface area contributed by atoms with Crippen molar-refractivity contribution in [3.63, 3.8) is 0 Å². The van der Waals surface area contributed by atoms with Crippen LogP contribution in [0, 0.1) is 0 Å². The van der Waals surface area contributed by atoms with Gasteiger partial charge in [0.05, 0.1) is 12.1 Å². The lowest BCUT2D eigenvalue weighted by Gasteiger charge is -2.35. The normalized spacial score (nSPS) is 17.3. The quantitative estimate of drug-likeness (QED) is 0.432. The van der Waals surface area contributed by atoms with E-state index in [-0.39, 0.29) is 25.2 Å². The number of aliphatic hydroxyl groups is 1. The van der Waals surface area contributed by atoms with Crippen LogP contribution in [0.4, 0.5) is 22.0 Å². The number of carbonyl (C=O) groups excluding carboxylic acids is 1. The number of aryl methyl sites for hydroxylation is 1. The first-order valence-electron chi connectivity index (χ1n) is 10.7. The summed E-state index contributed by atoms with van der Waals surface area (Å²) in [6.45, 7) is 2.88. The Bertz CT molecular complexity index is 1150. The molecule has 4 heterocycles. The number of aromatic nitrogens is 3. The van der Waals surface area contributed by atoms with Crippen molar-refractivity contribution >= 4 is 40.6 Å². The Morgan fingerprint density at radius 3 is 2.94 bits per heavy atom. The van der Waals surface area contributed by atoms with Gasteiger partial charge >= 0.3 is 6.03 Å². The predicted octanol–water partition coefficient (Wildman–Crippen LogP) is 1.03. The fourth-order valence-corrected chi connectivity index (χ4v) is 4.35. The number of carboxylic acid groups (broad SMARTS) is 1. The average molecular weight is 454 g/mol. The fourth-order valence-electron chi connectivity index (χ4n) is 4.35. The maximum absolute atomic E-state index is 13.0. The van der Waals surface area contributed by atoms with Gasteiger partial charge in [-0.05, 0) is 30.7 Å². The number of rotatable bonds is 3. The van der Waals surface area contributed by atoms with Gasteiger partial charge in [-0.25, -0.2) is 9.78 Å². The number of nitrogens with zero attached hydrogens (tertiary/aromatic N) is 5. The summed E-state index contributed by atoms with van der Waals surface area (Å²) in [6.07, 6.45) is 4.45. The zero-order chi connectivity index (χ0) is 23.4. The maximum atomic E-state index is 13.0. The van der Waals surface area contributed by atoms with Crippen LogP contribution in [-0.4, -0.2) is 76.3 Å². The molecule has 0 saturated carbocycles. The zero-order valence-corrected chi connectivity index (χ0v) is 18.3. The number of anilines is 3. The monoisotopic (exact) mass is 453 g/mol. The Labute approximate surface area is 190 Å². The number of amides is 2. The second-order valence-corrected chi connectivity index (χ2v) is 7.93. The van der Waals surface area contributed by atoms with Crippen LogP contribution in [0.15, 0.2) is 36.7 Å². The highest BCUT2D eigenvalue weighted by Gasteiger charge is 2.31. The highest BCUT2D eigenvalue weighted by Crippen LogP contribution is 2.34. The van der Waals surface area contributed by atoms with Crippen LogP contribution >= 0.6 is 0 Å². The molecule has 0 aliphatic carbocycles. The molecule has 5 rings (SSSR count). The largest absolute Gasteiger partial charge is 0.483 e. The van der Waals surface area contributed by atoms with Crippen LogP contribution in [0.3, 0.4) is 0 Å². The van der Waals surface area contributed by atoms with Crippen LogP contribution in [0.25, 0.3) is 10.9 Å². The number of benzene rings is 1. The van der Waals surface area contributed by atoms with Crippen molar-refractivity contribution in [3.8, 4) is 0 Å². The van der Waals surface area contributed by atoms with Crippen molar-refractivity contribution < 1.29 is 19.8 Å². The molecule has 2 aliphatic rings. The average Bonchev–Trinajstić information content (AvgIpc) is 3.42. The first kappa shape index (κ1) is 22.5. The molecule has 0 spiro atoms. The van der Waals surface area contributed by atoms with Crippen LogP contribution in [0.5, 0.6) is 0 Å². The SMILES string of the molecule is Cn1cc2cc(NC(=O)N3CCc4c(N5CCN[C@@H](CO)C5)ccnc43)ccc2n1.O=CO. The van der Waals surface area contributed by atoms with Gasteiger partial charge in [-0.2, -0.15) is 5.10 Å². The molecule has 11 heteroatoms. The zero-order valence-electron chi connectivity index (χ0n) is 18.3. The second kappa shape index (κ2) is 9.84. The number of urea groups is 1. The molecule has 1 saturated heterocycles. The lowest BCUT2D eigenvalue weighted by Crippen LogP contribution is -2.52. The molecule has 1 atom stereocenters. The molecule has 0 bridgehead atoms. The van der Waals surface area contributed by atoms with Gasteiger partial charge in [0.1, 0.15) is 5.82 Å². The Balaban J connectivity index is 0.000000821. The Kier molecular flexibility index (Phi) is 6.71. The number of aliphatic hydroxyl groups excluding tert-OH is 1. The van der Waals surface area contributed by atoms with E-state index in [4.69, 9.17) is 9.90 Å². The number of nitrogens with one attached hydrogen (secondary N) is 2. The predicted molar refractivity (Wildman–Crippen MR) is 125 cm³/mol. The molecule has 2 aliphatic heterocycles.